The molecule has 0 radical (unpaired) electrons. The minimum Gasteiger partial charge on any atom is -0.493 e. The first-order valence-electron chi connectivity index (χ1n) is 15.5. The number of nitrogens with zero attached hydrogens (tertiary/aromatic N) is 4. The van der Waals surface area contributed by atoms with Gasteiger partial charge >= 0.3 is 6.03 Å². The first-order chi connectivity index (χ1) is 22.6. The second-order valence-electron chi connectivity index (χ2n) is 11.5. The van der Waals surface area contributed by atoms with Crippen LogP contribution in [0.25, 0.3) is 0 Å². The van der Waals surface area contributed by atoms with Crippen molar-refractivity contribution in [3.05, 3.63) is 92.4 Å². The van der Waals surface area contributed by atoms with Gasteiger partial charge in [-0.05, 0) is 61.2 Å². The standard InChI is InChI=1S/C33H34Cl3N5O5S/c1-2-46-27-19-26(36)28(47(44,45)40-15-4-3-5-16-40)18-25(27)32-38-30(21-6-10-23(34)11-7-21)31(22-8-12-24(35)13-9-22)41(32)33(43)39-17-14-37-29(42)20-39/h6-13,18-19,30-31H,2-5,14-17,20H2,1H3,(H,37,42)/t30-,31+/m0/s1. The van der Waals surface area contributed by atoms with Crippen LogP contribution in [0, 0.1) is 0 Å². The van der Waals surface area contributed by atoms with Gasteiger partial charge in [-0.3, -0.25) is 14.7 Å². The molecule has 47 heavy (non-hydrogen) atoms. The number of piperazine rings is 1. The summed E-state index contributed by atoms with van der Waals surface area (Å²) in [5, 5.41) is 3.83. The topological polar surface area (TPSA) is 112 Å². The van der Waals surface area contributed by atoms with Crippen molar-refractivity contribution in [1.29, 1.82) is 0 Å². The van der Waals surface area contributed by atoms with Gasteiger partial charge in [-0.15, -0.1) is 0 Å². The number of carbonyl (C=O) groups excluding carboxylic acids is 2. The van der Waals surface area contributed by atoms with E-state index in [-0.39, 0.29) is 52.7 Å². The zero-order chi connectivity index (χ0) is 33.3. The number of hydrogen-bond donors (Lipinski definition) is 1. The summed E-state index contributed by atoms with van der Waals surface area (Å²) in [6, 6.07) is 15.5. The molecule has 2 atom stereocenters. The summed E-state index contributed by atoms with van der Waals surface area (Å²) in [5.41, 5.74) is 1.79. The Labute approximate surface area is 289 Å². The van der Waals surface area contributed by atoms with Gasteiger partial charge in [-0.2, -0.15) is 4.31 Å². The Kier molecular flexibility index (Phi) is 10.0. The average molecular weight is 719 g/mol. The Morgan fingerprint density at radius 2 is 1.57 bits per heavy atom. The van der Waals surface area contributed by atoms with Crippen LogP contribution in [0.15, 0.2) is 70.6 Å². The fourth-order valence-corrected chi connectivity index (χ4v) is 8.52. The molecular formula is C33H34Cl3N5O5S. The Balaban J connectivity index is 1.57. The smallest absolute Gasteiger partial charge is 0.326 e. The second-order valence-corrected chi connectivity index (χ2v) is 14.7. The fraction of sp³-hybridized carbons (Fsp3) is 0.364. The van der Waals surface area contributed by atoms with E-state index in [0.717, 1.165) is 30.4 Å². The highest BCUT2D eigenvalue weighted by Crippen LogP contribution is 2.46. The molecule has 14 heteroatoms. The van der Waals surface area contributed by atoms with Crippen molar-refractivity contribution in [1.82, 2.24) is 19.4 Å². The number of amidine groups is 1. The zero-order valence-corrected chi connectivity index (χ0v) is 28.7. The summed E-state index contributed by atoms with van der Waals surface area (Å²) in [6.45, 7) is 3.25. The lowest BCUT2D eigenvalue weighted by molar-refractivity contribution is -0.123. The molecule has 2 saturated heterocycles. The van der Waals surface area contributed by atoms with Gasteiger partial charge in [0, 0.05) is 42.3 Å². The molecule has 10 nitrogen and oxygen atoms in total. The van der Waals surface area contributed by atoms with Crippen molar-refractivity contribution in [2.45, 2.75) is 43.2 Å². The molecule has 2 fully saturated rings. The number of amides is 3. The minimum absolute atomic E-state index is 0.00968. The Hall–Kier alpha value is -3.35. The molecule has 248 valence electrons. The van der Waals surface area contributed by atoms with Crippen molar-refractivity contribution in [3.8, 4) is 5.75 Å². The summed E-state index contributed by atoms with van der Waals surface area (Å²) in [4.78, 5) is 35.1. The van der Waals surface area contributed by atoms with E-state index in [1.165, 1.54) is 26.2 Å². The SMILES string of the molecule is CCOc1cc(Cl)c(S(=O)(=O)N2CCCCC2)cc1C1=N[C@@H](c2ccc(Cl)cc2)[C@@H](c2ccc(Cl)cc2)N1C(=O)N1CCNC(=O)C1. The van der Waals surface area contributed by atoms with Crippen LogP contribution in [0.3, 0.4) is 0 Å². The van der Waals surface area contributed by atoms with Crippen LogP contribution in [-0.2, 0) is 14.8 Å². The molecule has 3 aromatic rings. The third-order valence-corrected chi connectivity index (χ3v) is 11.4. The maximum Gasteiger partial charge on any atom is 0.326 e. The van der Waals surface area contributed by atoms with E-state index >= 15 is 0 Å². The van der Waals surface area contributed by atoms with Crippen LogP contribution in [0.2, 0.25) is 15.1 Å². The molecule has 0 bridgehead atoms. The molecule has 6 rings (SSSR count). The number of benzene rings is 3. The zero-order valence-electron chi connectivity index (χ0n) is 25.7. The highest BCUT2D eigenvalue weighted by atomic mass is 35.5. The normalized spacial score (nSPS) is 20.6. The number of rotatable bonds is 7. The molecule has 0 saturated carbocycles. The van der Waals surface area contributed by atoms with Crippen LogP contribution >= 0.6 is 34.8 Å². The van der Waals surface area contributed by atoms with Gasteiger partial charge in [0.2, 0.25) is 15.9 Å². The summed E-state index contributed by atoms with van der Waals surface area (Å²) in [5.74, 6) is 0.182. The minimum atomic E-state index is -3.99. The highest BCUT2D eigenvalue weighted by Gasteiger charge is 2.45. The number of urea groups is 1. The third kappa shape index (κ3) is 6.82. The molecule has 0 aromatic heterocycles. The van der Waals surface area contributed by atoms with Crippen LogP contribution in [0.1, 0.15) is 55.0 Å². The summed E-state index contributed by atoms with van der Waals surface area (Å²) in [6.07, 6.45) is 2.46. The lowest BCUT2D eigenvalue weighted by atomic mass is 9.93. The lowest BCUT2D eigenvalue weighted by Crippen LogP contribution is -2.55. The summed E-state index contributed by atoms with van der Waals surface area (Å²) >= 11 is 19.2. The van der Waals surface area contributed by atoms with Crippen molar-refractivity contribution < 1.29 is 22.7 Å². The third-order valence-electron chi connectivity index (χ3n) is 8.51. The van der Waals surface area contributed by atoms with Gasteiger partial charge in [-0.25, -0.2) is 13.2 Å². The van der Waals surface area contributed by atoms with Crippen LogP contribution < -0.4 is 10.1 Å². The number of carbonyl (C=O) groups is 2. The Morgan fingerprint density at radius 3 is 2.19 bits per heavy atom. The van der Waals surface area contributed by atoms with Gasteiger partial charge < -0.3 is 15.0 Å². The van der Waals surface area contributed by atoms with Crippen molar-refractivity contribution in [3.63, 3.8) is 0 Å². The number of ether oxygens (including phenoxy) is 1. The maximum atomic E-state index is 14.6. The Morgan fingerprint density at radius 1 is 0.936 bits per heavy atom. The van der Waals surface area contributed by atoms with Gasteiger partial charge in [0.1, 0.15) is 29.1 Å². The van der Waals surface area contributed by atoms with Crippen molar-refractivity contribution in [2.24, 2.45) is 4.99 Å². The van der Waals surface area contributed by atoms with Gasteiger partial charge in [-0.1, -0.05) is 65.5 Å². The maximum absolute atomic E-state index is 14.6. The summed E-state index contributed by atoms with van der Waals surface area (Å²) in [7, 11) is -3.99. The number of piperidine rings is 1. The molecule has 1 N–H and O–H groups in total. The molecule has 3 aliphatic rings. The van der Waals surface area contributed by atoms with E-state index in [9.17, 15) is 18.0 Å². The first kappa shape index (κ1) is 33.5. The molecule has 0 aliphatic carbocycles. The van der Waals surface area contributed by atoms with E-state index < -0.39 is 28.1 Å². The number of halogens is 3. The predicted molar refractivity (Wildman–Crippen MR) is 182 cm³/mol. The number of aliphatic imine (C=N–C) groups is 1. The average Bonchev–Trinajstić information content (AvgIpc) is 3.46. The largest absolute Gasteiger partial charge is 0.493 e. The van der Waals surface area contributed by atoms with Gasteiger partial charge in [0.15, 0.2) is 0 Å². The van der Waals surface area contributed by atoms with E-state index in [4.69, 9.17) is 44.5 Å². The predicted octanol–water partition coefficient (Wildman–Crippen LogP) is 6.32. The van der Waals surface area contributed by atoms with Crippen LogP contribution in [0.5, 0.6) is 5.75 Å². The van der Waals surface area contributed by atoms with Crippen LogP contribution in [-0.4, -0.2) is 79.6 Å². The van der Waals surface area contributed by atoms with Crippen molar-refractivity contribution >= 4 is 62.6 Å². The molecule has 3 heterocycles. The highest BCUT2D eigenvalue weighted by molar-refractivity contribution is 7.89. The molecule has 0 spiro atoms. The van der Waals surface area contributed by atoms with E-state index in [2.05, 4.69) is 5.32 Å². The number of hydrogen-bond acceptors (Lipinski definition) is 6. The molecule has 0 unspecified atom stereocenters. The van der Waals surface area contributed by atoms with Gasteiger partial charge in [0.25, 0.3) is 0 Å². The van der Waals surface area contributed by atoms with Crippen LogP contribution in [0.4, 0.5) is 4.79 Å². The fourth-order valence-electron chi connectivity index (χ4n) is 6.24. The molecular weight excluding hydrogens is 685 g/mol. The number of sulfonamides is 1. The van der Waals surface area contributed by atoms with E-state index in [0.29, 0.717) is 29.7 Å². The monoisotopic (exact) mass is 717 g/mol. The van der Waals surface area contributed by atoms with Crippen molar-refractivity contribution in [2.75, 3.05) is 39.3 Å². The quantitative estimate of drug-likeness (QED) is 0.308. The first-order valence-corrected chi connectivity index (χ1v) is 18.1. The van der Waals surface area contributed by atoms with Gasteiger partial charge in [0.05, 0.1) is 23.2 Å². The molecule has 3 aromatic carbocycles. The number of nitrogens with one attached hydrogen (secondary N) is 1. The van der Waals surface area contributed by atoms with E-state index in [1.807, 2.05) is 24.3 Å². The molecule has 3 aliphatic heterocycles. The second kappa shape index (κ2) is 14.0. The van der Waals surface area contributed by atoms with E-state index in [1.54, 1.807) is 31.2 Å². The lowest BCUT2D eigenvalue weighted by Gasteiger charge is -2.36. The summed E-state index contributed by atoms with van der Waals surface area (Å²) < 4.78 is 35.4. The Bertz CT molecular complexity index is 1800. The molecule has 3 amide bonds.